The normalized spacial score (nSPS) is 13.4. The summed E-state index contributed by atoms with van der Waals surface area (Å²) in [5.41, 5.74) is 0.450. The Kier molecular flexibility index (Phi) is 4.45. The van der Waals surface area contributed by atoms with Crippen molar-refractivity contribution in [1.29, 1.82) is 0 Å². The van der Waals surface area contributed by atoms with Gasteiger partial charge in [-0.3, -0.25) is 0 Å². The smallest absolute Gasteiger partial charge is 0.319 e. The lowest BCUT2D eigenvalue weighted by Gasteiger charge is -2.08. The number of alkyl halides is 3. The molecule has 0 aliphatic heterocycles. The van der Waals surface area contributed by atoms with Gasteiger partial charge in [0.1, 0.15) is 0 Å². The maximum Gasteiger partial charge on any atom is 0.416 e. The second-order valence-electron chi connectivity index (χ2n) is 4.61. The number of nitrogens with zero attached hydrogens (tertiary/aromatic N) is 1. The van der Waals surface area contributed by atoms with E-state index in [0.29, 0.717) is 11.3 Å². The summed E-state index contributed by atoms with van der Waals surface area (Å²) in [6.07, 6.45) is -4.33. The molecule has 6 heteroatoms. The van der Waals surface area contributed by atoms with E-state index in [1.165, 1.54) is 17.4 Å². The second-order valence-corrected chi connectivity index (χ2v) is 5.50. The number of hydrogen-bond donors (Lipinski definition) is 1. The Balaban J connectivity index is 2.28. The number of rotatable bonds is 4. The number of likely N-dealkylation sites (N-methyl/N-ethyl adjacent to an activating group) is 1. The average molecular weight is 300 g/mol. The average Bonchev–Trinajstić information content (AvgIpc) is 2.88. The molecule has 108 valence electrons. The topological polar surface area (TPSA) is 24.9 Å². The minimum atomic E-state index is -4.33. The molecule has 1 aromatic carbocycles. The van der Waals surface area contributed by atoms with E-state index in [1.54, 1.807) is 11.4 Å². The van der Waals surface area contributed by atoms with E-state index < -0.39 is 11.7 Å². The Hall–Kier alpha value is -1.40. The van der Waals surface area contributed by atoms with Crippen molar-refractivity contribution in [3.8, 4) is 11.3 Å². The molecule has 0 amide bonds. The highest BCUT2D eigenvalue weighted by Crippen LogP contribution is 2.33. The fourth-order valence-corrected chi connectivity index (χ4v) is 2.78. The summed E-state index contributed by atoms with van der Waals surface area (Å²) in [5, 5.41) is 5.79. The highest BCUT2D eigenvalue weighted by Gasteiger charge is 2.30. The lowest BCUT2D eigenvalue weighted by Crippen LogP contribution is -2.14. The first-order chi connectivity index (χ1) is 9.41. The number of aromatic nitrogens is 1. The maximum absolute atomic E-state index is 12.7. The zero-order chi connectivity index (χ0) is 14.8. The molecule has 0 spiro atoms. The Morgan fingerprint density at radius 3 is 2.75 bits per heavy atom. The highest BCUT2D eigenvalue weighted by atomic mass is 32.1. The summed E-state index contributed by atoms with van der Waals surface area (Å²) < 4.78 is 38.1. The molecular weight excluding hydrogens is 285 g/mol. The lowest BCUT2D eigenvalue weighted by molar-refractivity contribution is -0.137. The molecule has 1 unspecified atom stereocenters. The number of benzene rings is 1. The van der Waals surface area contributed by atoms with Crippen molar-refractivity contribution in [1.82, 2.24) is 10.3 Å². The molecule has 1 atom stereocenters. The fourth-order valence-electron chi connectivity index (χ4n) is 1.89. The summed E-state index contributed by atoms with van der Waals surface area (Å²) in [6, 6.07) is 5.27. The minimum Gasteiger partial charge on any atom is -0.319 e. The van der Waals surface area contributed by atoms with Gasteiger partial charge >= 0.3 is 6.18 Å². The molecule has 2 aromatic rings. The van der Waals surface area contributed by atoms with Crippen molar-refractivity contribution in [2.45, 2.75) is 19.0 Å². The third-order valence-electron chi connectivity index (χ3n) is 2.94. The fraction of sp³-hybridized carbons (Fsp3) is 0.357. The van der Waals surface area contributed by atoms with Gasteiger partial charge in [0.05, 0.1) is 16.3 Å². The Morgan fingerprint density at radius 2 is 2.10 bits per heavy atom. The van der Waals surface area contributed by atoms with E-state index in [0.717, 1.165) is 23.7 Å². The van der Waals surface area contributed by atoms with Crippen LogP contribution in [0.15, 0.2) is 29.6 Å². The van der Waals surface area contributed by atoms with Gasteiger partial charge in [0.25, 0.3) is 0 Å². The summed E-state index contributed by atoms with van der Waals surface area (Å²) in [7, 11) is 1.86. The lowest BCUT2D eigenvalue weighted by atomic mass is 10.1. The molecule has 0 fully saturated rings. The van der Waals surface area contributed by atoms with Crippen LogP contribution in [-0.4, -0.2) is 18.6 Å². The monoisotopic (exact) mass is 300 g/mol. The molecule has 20 heavy (non-hydrogen) atoms. The predicted octanol–water partition coefficient (Wildman–Crippen LogP) is 4.15. The van der Waals surface area contributed by atoms with Crippen LogP contribution in [0.2, 0.25) is 0 Å². The van der Waals surface area contributed by atoms with Crippen LogP contribution in [0.1, 0.15) is 23.4 Å². The maximum atomic E-state index is 12.7. The van der Waals surface area contributed by atoms with Crippen molar-refractivity contribution in [3.05, 3.63) is 40.2 Å². The Morgan fingerprint density at radius 1 is 1.35 bits per heavy atom. The molecule has 2 nitrogen and oxygen atoms in total. The first-order valence-corrected chi connectivity index (χ1v) is 7.07. The van der Waals surface area contributed by atoms with Crippen molar-refractivity contribution in [2.75, 3.05) is 13.6 Å². The van der Waals surface area contributed by atoms with Gasteiger partial charge in [0.15, 0.2) is 0 Å². The van der Waals surface area contributed by atoms with Crippen LogP contribution in [0.4, 0.5) is 13.2 Å². The first kappa shape index (κ1) is 15.0. The third-order valence-corrected chi connectivity index (χ3v) is 4.02. The number of nitrogens with one attached hydrogen (secondary N) is 1. The molecule has 0 aliphatic carbocycles. The zero-order valence-electron chi connectivity index (χ0n) is 11.2. The van der Waals surface area contributed by atoms with E-state index >= 15 is 0 Å². The Labute approximate surface area is 119 Å². The standard InChI is InChI=1S/C14H15F3N2S/c1-9(7-18-2)13-19-12(8-20-13)10-4-3-5-11(6-10)14(15,16)17/h3-6,8-9,18H,7H2,1-2H3. The largest absolute Gasteiger partial charge is 0.416 e. The molecule has 0 saturated carbocycles. The molecule has 1 heterocycles. The molecule has 1 N–H and O–H groups in total. The van der Waals surface area contributed by atoms with Gasteiger partial charge in [-0.25, -0.2) is 4.98 Å². The first-order valence-electron chi connectivity index (χ1n) is 6.19. The van der Waals surface area contributed by atoms with Crippen LogP contribution in [-0.2, 0) is 6.18 Å². The zero-order valence-corrected chi connectivity index (χ0v) is 12.0. The van der Waals surface area contributed by atoms with Crippen LogP contribution >= 0.6 is 11.3 Å². The van der Waals surface area contributed by atoms with Gasteiger partial charge in [0.2, 0.25) is 0 Å². The molecule has 0 saturated heterocycles. The van der Waals surface area contributed by atoms with Gasteiger partial charge in [-0.2, -0.15) is 13.2 Å². The molecular formula is C14H15F3N2S. The van der Waals surface area contributed by atoms with Crippen LogP contribution in [0, 0.1) is 0 Å². The molecule has 0 bridgehead atoms. The van der Waals surface area contributed by atoms with Gasteiger partial charge < -0.3 is 5.32 Å². The molecule has 2 rings (SSSR count). The van der Waals surface area contributed by atoms with Gasteiger partial charge in [-0.05, 0) is 19.2 Å². The van der Waals surface area contributed by atoms with Crippen LogP contribution in [0.5, 0.6) is 0 Å². The van der Waals surface area contributed by atoms with Crippen LogP contribution in [0.25, 0.3) is 11.3 Å². The summed E-state index contributed by atoms with van der Waals surface area (Å²) in [5.74, 6) is 0.240. The van der Waals surface area contributed by atoms with E-state index in [-0.39, 0.29) is 5.92 Å². The highest BCUT2D eigenvalue weighted by molar-refractivity contribution is 7.10. The van der Waals surface area contributed by atoms with E-state index in [9.17, 15) is 13.2 Å². The summed E-state index contributed by atoms with van der Waals surface area (Å²) in [4.78, 5) is 4.43. The SMILES string of the molecule is CNCC(C)c1nc(-c2cccc(C(F)(F)F)c2)cs1. The van der Waals surface area contributed by atoms with Crippen LogP contribution in [0.3, 0.4) is 0 Å². The van der Waals surface area contributed by atoms with Gasteiger partial charge in [-0.15, -0.1) is 11.3 Å². The van der Waals surface area contributed by atoms with E-state index in [4.69, 9.17) is 0 Å². The van der Waals surface area contributed by atoms with Gasteiger partial charge in [0, 0.05) is 23.4 Å². The third kappa shape index (κ3) is 3.37. The van der Waals surface area contributed by atoms with Crippen molar-refractivity contribution in [3.63, 3.8) is 0 Å². The minimum absolute atomic E-state index is 0.240. The van der Waals surface area contributed by atoms with E-state index in [2.05, 4.69) is 10.3 Å². The van der Waals surface area contributed by atoms with E-state index in [1.807, 2.05) is 14.0 Å². The Bertz CT molecular complexity index is 578. The molecule has 0 radical (unpaired) electrons. The summed E-state index contributed by atoms with van der Waals surface area (Å²) in [6.45, 7) is 2.82. The van der Waals surface area contributed by atoms with Crippen LogP contribution < -0.4 is 5.32 Å². The van der Waals surface area contributed by atoms with Crippen molar-refractivity contribution in [2.24, 2.45) is 0 Å². The number of hydrogen-bond acceptors (Lipinski definition) is 3. The number of halogens is 3. The number of thiazole rings is 1. The second kappa shape index (κ2) is 5.93. The quantitative estimate of drug-likeness (QED) is 0.917. The molecule has 0 aliphatic rings. The van der Waals surface area contributed by atoms with Gasteiger partial charge in [-0.1, -0.05) is 19.1 Å². The summed E-state index contributed by atoms with van der Waals surface area (Å²) >= 11 is 1.47. The van der Waals surface area contributed by atoms with Crippen molar-refractivity contribution >= 4 is 11.3 Å². The molecule has 1 aromatic heterocycles. The van der Waals surface area contributed by atoms with Crippen molar-refractivity contribution < 1.29 is 13.2 Å². The predicted molar refractivity (Wildman–Crippen MR) is 74.9 cm³/mol.